The normalized spacial score (nSPS) is 16.9. The van der Waals surface area contributed by atoms with Crippen LogP contribution in [0, 0.1) is 0 Å². The standard InChI is InChI=1S/C13H28N4O3S.HI/c1-3-14-13(15-5-4-12-21(2,18)19)16-6-7-17-8-10-20-11-9-17;/h3-12H2,1-2H3,(H2,14,15,16);1H. The highest BCUT2D eigenvalue weighted by atomic mass is 127. The fourth-order valence-electron chi connectivity index (χ4n) is 2.02. The van der Waals surface area contributed by atoms with E-state index in [2.05, 4.69) is 20.5 Å². The molecule has 9 heteroatoms. The number of guanidine groups is 1. The maximum absolute atomic E-state index is 11.1. The first-order valence-corrected chi connectivity index (χ1v) is 9.57. The molecule has 0 unspecified atom stereocenters. The Kier molecular flexibility index (Phi) is 12.2. The lowest BCUT2D eigenvalue weighted by molar-refractivity contribution is 0.0389. The first-order chi connectivity index (χ1) is 10.0. The van der Waals surface area contributed by atoms with Crippen molar-refractivity contribution in [2.24, 2.45) is 4.99 Å². The predicted octanol–water partition coefficient (Wildman–Crippen LogP) is -0.0736. The van der Waals surface area contributed by atoms with Crippen LogP contribution < -0.4 is 10.6 Å². The third kappa shape index (κ3) is 11.4. The fraction of sp³-hybridized carbons (Fsp3) is 0.923. The third-order valence-electron chi connectivity index (χ3n) is 3.11. The van der Waals surface area contributed by atoms with Gasteiger partial charge in [-0.3, -0.25) is 9.89 Å². The lowest BCUT2D eigenvalue weighted by Crippen LogP contribution is -2.44. The van der Waals surface area contributed by atoms with Crippen LogP contribution in [-0.4, -0.2) is 83.8 Å². The minimum atomic E-state index is -2.89. The van der Waals surface area contributed by atoms with Gasteiger partial charge in [0.2, 0.25) is 0 Å². The van der Waals surface area contributed by atoms with Gasteiger partial charge in [0.15, 0.2) is 5.96 Å². The van der Waals surface area contributed by atoms with Crippen molar-refractivity contribution in [1.82, 2.24) is 15.5 Å². The molecule has 0 spiro atoms. The molecular weight excluding hydrogens is 419 g/mol. The number of nitrogens with one attached hydrogen (secondary N) is 2. The number of hydrogen-bond acceptors (Lipinski definition) is 5. The van der Waals surface area contributed by atoms with Crippen LogP contribution in [0.2, 0.25) is 0 Å². The largest absolute Gasteiger partial charge is 0.379 e. The Morgan fingerprint density at radius 3 is 2.55 bits per heavy atom. The highest BCUT2D eigenvalue weighted by Gasteiger charge is 2.09. The van der Waals surface area contributed by atoms with Crippen molar-refractivity contribution in [2.75, 3.05) is 64.5 Å². The lowest BCUT2D eigenvalue weighted by Gasteiger charge is -2.26. The summed E-state index contributed by atoms with van der Waals surface area (Å²) in [4.78, 5) is 6.74. The van der Waals surface area contributed by atoms with Crippen molar-refractivity contribution in [3.8, 4) is 0 Å². The number of sulfone groups is 1. The molecule has 0 aromatic carbocycles. The zero-order chi connectivity index (χ0) is 15.6. The molecule has 0 aromatic rings. The molecule has 1 aliphatic rings. The van der Waals surface area contributed by atoms with Crippen molar-refractivity contribution in [2.45, 2.75) is 13.3 Å². The van der Waals surface area contributed by atoms with Gasteiger partial charge in [-0.05, 0) is 13.3 Å². The van der Waals surface area contributed by atoms with Crippen LogP contribution in [0.15, 0.2) is 4.99 Å². The Hall–Kier alpha value is -0.130. The van der Waals surface area contributed by atoms with Gasteiger partial charge in [-0.15, -0.1) is 24.0 Å². The van der Waals surface area contributed by atoms with E-state index in [9.17, 15) is 8.42 Å². The van der Waals surface area contributed by atoms with Crippen LogP contribution in [0.5, 0.6) is 0 Å². The Balaban J connectivity index is 0.00000441. The molecule has 0 saturated carbocycles. The van der Waals surface area contributed by atoms with Crippen molar-refractivity contribution in [1.29, 1.82) is 0 Å². The van der Waals surface area contributed by atoms with Gasteiger partial charge in [-0.1, -0.05) is 0 Å². The Bertz CT molecular complexity index is 412. The van der Waals surface area contributed by atoms with Gasteiger partial charge in [0.25, 0.3) is 0 Å². The van der Waals surface area contributed by atoms with Crippen molar-refractivity contribution in [3.05, 3.63) is 0 Å². The molecule has 0 aromatic heterocycles. The van der Waals surface area contributed by atoms with Crippen LogP contribution in [-0.2, 0) is 14.6 Å². The molecule has 1 saturated heterocycles. The first kappa shape index (κ1) is 21.9. The maximum atomic E-state index is 11.1. The SMILES string of the molecule is CCNC(=NCCCS(C)(=O)=O)NCCN1CCOCC1.I. The van der Waals surface area contributed by atoms with Crippen LogP contribution >= 0.6 is 24.0 Å². The molecule has 1 rings (SSSR count). The van der Waals surface area contributed by atoms with E-state index in [1.54, 1.807) is 0 Å². The number of nitrogens with zero attached hydrogens (tertiary/aromatic N) is 2. The minimum Gasteiger partial charge on any atom is -0.379 e. The summed E-state index contributed by atoms with van der Waals surface area (Å²) < 4.78 is 27.4. The van der Waals surface area contributed by atoms with Gasteiger partial charge in [0.05, 0.1) is 19.0 Å². The molecule has 0 radical (unpaired) electrons. The van der Waals surface area contributed by atoms with Gasteiger partial charge >= 0.3 is 0 Å². The van der Waals surface area contributed by atoms with Crippen molar-refractivity contribution in [3.63, 3.8) is 0 Å². The fourth-order valence-corrected chi connectivity index (χ4v) is 2.67. The van der Waals surface area contributed by atoms with Gasteiger partial charge < -0.3 is 15.4 Å². The summed E-state index contributed by atoms with van der Waals surface area (Å²) in [6.07, 6.45) is 1.81. The number of ether oxygens (including phenoxy) is 1. The predicted molar refractivity (Wildman–Crippen MR) is 101 cm³/mol. The smallest absolute Gasteiger partial charge is 0.191 e. The van der Waals surface area contributed by atoms with Gasteiger partial charge in [-0.25, -0.2) is 8.42 Å². The minimum absolute atomic E-state index is 0. The summed E-state index contributed by atoms with van der Waals surface area (Å²) in [5.41, 5.74) is 0. The molecular formula is C13H29IN4O3S. The van der Waals surface area contributed by atoms with E-state index in [1.165, 1.54) is 6.26 Å². The Labute approximate surface area is 151 Å². The van der Waals surface area contributed by atoms with E-state index in [-0.39, 0.29) is 29.7 Å². The maximum Gasteiger partial charge on any atom is 0.191 e. The monoisotopic (exact) mass is 448 g/mol. The van der Waals surface area contributed by atoms with Gasteiger partial charge in [-0.2, -0.15) is 0 Å². The molecule has 7 nitrogen and oxygen atoms in total. The number of morpholine rings is 1. The van der Waals surface area contributed by atoms with Crippen molar-refractivity contribution < 1.29 is 13.2 Å². The van der Waals surface area contributed by atoms with E-state index in [0.29, 0.717) is 13.0 Å². The highest BCUT2D eigenvalue weighted by Crippen LogP contribution is 1.94. The van der Waals surface area contributed by atoms with E-state index in [4.69, 9.17) is 4.74 Å². The topological polar surface area (TPSA) is 83.0 Å². The summed E-state index contributed by atoms with van der Waals surface area (Å²) in [6.45, 7) is 8.65. The molecule has 1 aliphatic heterocycles. The molecule has 0 amide bonds. The first-order valence-electron chi connectivity index (χ1n) is 7.51. The molecule has 0 aliphatic carbocycles. The summed E-state index contributed by atoms with van der Waals surface area (Å²) >= 11 is 0. The molecule has 22 heavy (non-hydrogen) atoms. The average Bonchev–Trinajstić information content (AvgIpc) is 2.43. The summed E-state index contributed by atoms with van der Waals surface area (Å²) in [7, 11) is -2.89. The molecule has 0 bridgehead atoms. The van der Waals surface area contributed by atoms with Gasteiger partial charge in [0, 0.05) is 45.5 Å². The van der Waals surface area contributed by atoms with E-state index >= 15 is 0 Å². The summed E-state index contributed by atoms with van der Waals surface area (Å²) in [5.74, 6) is 0.934. The third-order valence-corrected chi connectivity index (χ3v) is 4.14. The second-order valence-electron chi connectivity index (χ2n) is 5.12. The van der Waals surface area contributed by atoms with Crippen LogP contribution in [0.4, 0.5) is 0 Å². The molecule has 1 heterocycles. The van der Waals surface area contributed by atoms with E-state index < -0.39 is 9.84 Å². The zero-order valence-corrected chi connectivity index (χ0v) is 16.7. The number of halogens is 1. The number of rotatable bonds is 8. The Morgan fingerprint density at radius 2 is 1.95 bits per heavy atom. The quantitative estimate of drug-likeness (QED) is 0.234. The summed E-state index contributed by atoms with van der Waals surface area (Å²) in [6, 6.07) is 0. The zero-order valence-electron chi connectivity index (χ0n) is 13.5. The second-order valence-corrected chi connectivity index (χ2v) is 7.38. The van der Waals surface area contributed by atoms with Crippen LogP contribution in [0.3, 0.4) is 0 Å². The second kappa shape index (κ2) is 12.3. The Morgan fingerprint density at radius 1 is 1.27 bits per heavy atom. The van der Waals surface area contributed by atoms with E-state index in [1.807, 2.05) is 6.92 Å². The number of hydrogen-bond donors (Lipinski definition) is 2. The highest BCUT2D eigenvalue weighted by molar-refractivity contribution is 14.0. The lowest BCUT2D eigenvalue weighted by atomic mass is 10.4. The van der Waals surface area contributed by atoms with Crippen LogP contribution in [0.25, 0.3) is 0 Å². The van der Waals surface area contributed by atoms with E-state index in [0.717, 1.165) is 51.9 Å². The molecule has 0 atom stereocenters. The molecule has 1 fully saturated rings. The average molecular weight is 448 g/mol. The molecule has 132 valence electrons. The number of aliphatic imine (C=N–C) groups is 1. The summed E-state index contributed by atoms with van der Waals surface area (Å²) in [5, 5.41) is 6.44. The van der Waals surface area contributed by atoms with Crippen molar-refractivity contribution >= 4 is 39.8 Å². The molecule has 2 N–H and O–H groups in total. The van der Waals surface area contributed by atoms with Crippen LogP contribution in [0.1, 0.15) is 13.3 Å². The van der Waals surface area contributed by atoms with Gasteiger partial charge in [0.1, 0.15) is 9.84 Å².